The van der Waals surface area contributed by atoms with Crippen LogP contribution in [0, 0.1) is 11.8 Å². The third-order valence-corrected chi connectivity index (χ3v) is 7.35. The SMILES string of the molecule is Nc1ccccc1NC(=O)/C=C/C1C=CC(C(NCCC2CCOCC2)C(=O)Nc2ccc(Br)cc2)=CC1. The van der Waals surface area contributed by atoms with Crippen LogP contribution in [0.3, 0.4) is 0 Å². The average molecular weight is 580 g/mol. The van der Waals surface area contributed by atoms with Gasteiger partial charge in [-0.1, -0.05) is 52.4 Å². The molecule has 0 saturated carbocycles. The number of allylic oxidation sites excluding steroid dienone is 3. The lowest BCUT2D eigenvalue weighted by molar-refractivity contribution is -0.117. The van der Waals surface area contributed by atoms with Crippen LogP contribution >= 0.6 is 15.9 Å². The van der Waals surface area contributed by atoms with Crippen molar-refractivity contribution in [3.05, 3.63) is 89.0 Å². The molecule has 2 unspecified atom stereocenters. The first-order chi connectivity index (χ1) is 18.5. The number of carbonyl (C=O) groups is 2. The number of hydrogen-bond acceptors (Lipinski definition) is 5. The first-order valence-electron chi connectivity index (χ1n) is 13.1. The second-order valence-corrected chi connectivity index (χ2v) is 10.5. The zero-order chi connectivity index (χ0) is 26.7. The van der Waals surface area contributed by atoms with E-state index in [-0.39, 0.29) is 17.7 Å². The summed E-state index contributed by atoms with van der Waals surface area (Å²) in [6.07, 6.45) is 13.3. The molecule has 7 nitrogen and oxygen atoms in total. The van der Waals surface area contributed by atoms with Crippen LogP contribution in [-0.4, -0.2) is 37.6 Å². The van der Waals surface area contributed by atoms with Gasteiger partial charge in [0.1, 0.15) is 6.04 Å². The Bertz CT molecular complexity index is 1190. The smallest absolute Gasteiger partial charge is 0.248 e. The van der Waals surface area contributed by atoms with E-state index in [0.717, 1.165) is 54.8 Å². The lowest BCUT2D eigenvalue weighted by Gasteiger charge is -2.25. The Balaban J connectivity index is 1.36. The van der Waals surface area contributed by atoms with Gasteiger partial charge in [-0.2, -0.15) is 0 Å². The van der Waals surface area contributed by atoms with E-state index in [2.05, 4.69) is 38.0 Å². The lowest BCUT2D eigenvalue weighted by Crippen LogP contribution is -2.43. The number of ether oxygens (including phenoxy) is 1. The molecule has 5 N–H and O–H groups in total. The Morgan fingerprint density at radius 1 is 1.08 bits per heavy atom. The van der Waals surface area contributed by atoms with Crippen LogP contribution in [0.1, 0.15) is 25.7 Å². The molecule has 1 aliphatic heterocycles. The molecule has 8 heteroatoms. The molecule has 200 valence electrons. The van der Waals surface area contributed by atoms with E-state index >= 15 is 0 Å². The molecule has 1 saturated heterocycles. The Kier molecular flexibility index (Phi) is 10.3. The van der Waals surface area contributed by atoms with Crippen molar-refractivity contribution >= 4 is 44.8 Å². The van der Waals surface area contributed by atoms with Gasteiger partial charge < -0.3 is 26.4 Å². The molecule has 2 aromatic rings. The van der Waals surface area contributed by atoms with Crippen molar-refractivity contribution in [1.82, 2.24) is 5.32 Å². The Morgan fingerprint density at radius 2 is 1.84 bits per heavy atom. The van der Waals surface area contributed by atoms with Gasteiger partial charge in [0.2, 0.25) is 11.8 Å². The van der Waals surface area contributed by atoms with Crippen LogP contribution in [0.4, 0.5) is 17.1 Å². The number of nitrogens with two attached hydrogens (primary N) is 1. The van der Waals surface area contributed by atoms with Crippen molar-refractivity contribution in [2.24, 2.45) is 11.8 Å². The number of amides is 2. The molecule has 1 aliphatic carbocycles. The van der Waals surface area contributed by atoms with Gasteiger partial charge in [0, 0.05) is 23.4 Å². The van der Waals surface area contributed by atoms with Gasteiger partial charge in [-0.25, -0.2) is 0 Å². The quantitative estimate of drug-likeness (QED) is 0.222. The third kappa shape index (κ3) is 8.41. The van der Waals surface area contributed by atoms with Crippen LogP contribution in [-0.2, 0) is 14.3 Å². The largest absolute Gasteiger partial charge is 0.397 e. The fourth-order valence-corrected chi connectivity index (χ4v) is 4.85. The van der Waals surface area contributed by atoms with Gasteiger partial charge in [-0.15, -0.1) is 0 Å². The number of nitrogen functional groups attached to an aromatic ring is 1. The monoisotopic (exact) mass is 578 g/mol. The highest BCUT2D eigenvalue weighted by atomic mass is 79.9. The highest BCUT2D eigenvalue weighted by Gasteiger charge is 2.24. The fraction of sp³-hybridized carbons (Fsp3) is 0.333. The molecule has 2 atom stereocenters. The van der Waals surface area contributed by atoms with Crippen molar-refractivity contribution < 1.29 is 14.3 Å². The van der Waals surface area contributed by atoms with Crippen LogP contribution in [0.15, 0.2) is 89.0 Å². The molecular formula is C30H35BrN4O3. The molecule has 1 heterocycles. The first kappa shape index (κ1) is 27.8. The highest BCUT2D eigenvalue weighted by Crippen LogP contribution is 2.23. The third-order valence-electron chi connectivity index (χ3n) is 6.82. The van der Waals surface area contributed by atoms with E-state index in [1.54, 1.807) is 12.1 Å². The van der Waals surface area contributed by atoms with Gasteiger partial charge in [-0.3, -0.25) is 9.59 Å². The van der Waals surface area contributed by atoms with Crippen LogP contribution < -0.4 is 21.7 Å². The second kappa shape index (κ2) is 14.1. The lowest BCUT2D eigenvalue weighted by atomic mass is 9.91. The molecule has 0 aromatic heterocycles. The van der Waals surface area contributed by atoms with Crippen molar-refractivity contribution in [3.63, 3.8) is 0 Å². The van der Waals surface area contributed by atoms with Gasteiger partial charge in [0.05, 0.1) is 11.4 Å². The summed E-state index contributed by atoms with van der Waals surface area (Å²) in [6.45, 7) is 2.38. The molecule has 0 radical (unpaired) electrons. The minimum atomic E-state index is -0.468. The maximum absolute atomic E-state index is 13.3. The summed E-state index contributed by atoms with van der Waals surface area (Å²) in [5.41, 5.74) is 8.70. The standard InChI is InChI=1S/C30H35BrN4O3/c31-24-10-12-25(13-11-24)34-30(37)29(33-18-15-22-16-19-38-20-17-22)23-8-5-21(6-9-23)7-14-28(36)35-27-4-2-1-3-26(27)32/h1-5,7-14,21-22,29,33H,6,15-20,32H2,(H,34,37)(H,35,36)/b14-7+. The molecule has 4 rings (SSSR count). The van der Waals surface area contributed by atoms with Gasteiger partial charge >= 0.3 is 0 Å². The van der Waals surface area contributed by atoms with Crippen LogP contribution in [0.2, 0.25) is 0 Å². The average Bonchev–Trinajstić information content (AvgIpc) is 2.93. The van der Waals surface area contributed by atoms with Crippen molar-refractivity contribution in [1.29, 1.82) is 0 Å². The Labute approximate surface area is 232 Å². The molecule has 2 aliphatic rings. The molecular weight excluding hydrogens is 544 g/mol. The first-order valence-corrected chi connectivity index (χ1v) is 13.9. The Hall–Kier alpha value is -3.20. The van der Waals surface area contributed by atoms with E-state index in [1.165, 1.54) is 6.08 Å². The summed E-state index contributed by atoms with van der Waals surface area (Å²) in [6, 6.07) is 14.3. The van der Waals surface area contributed by atoms with Gasteiger partial charge in [0.25, 0.3) is 0 Å². The van der Waals surface area contributed by atoms with E-state index in [9.17, 15) is 9.59 Å². The molecule has 2 amide bonds. The van der Waals surface area contributed by atoms with Crippen LogP contribution in [0.25, 0.3) is 0 Å². The fourth-order valence-electron chi connectivity index (χ4n) is 4.58. The van der Waals surface area contributed by atoms with Crippen LogP contribution in [0.5, 0.6) is 0 Å². The summed E-state index contributed by atoms with van der Waals surface area (Å²) >= 11 is 3.43. The summed E-state index contributed by atoms with van der Waals surface area (Å²) < 4.78 is 6.43. The number of halogens is 1. The molecule has 2 aromatic carbocycles. The molecule has 38 heavy (non-hydrogen) atoms. The predicted octanol–water partition coefficient (Wildman–Crippen LogP) is 5.44. The Morgan fingerprint density at radius 3 is 2.55 bits per heavy atom. The van der Waals surface area contributed by atoms with Crippen molar-refractivity contribution in [3.8, 4) is 0 Å². The number of benzene rings is 2. The minimum Gasteiger partial charge on any atom is -0.397 e. The summed E-state index contributed by atoms with van der Waals surface area (Å²) in [5.74, 6) is 0.362. The predicted molar refractivity (Wildman–Crippen MR) is 157 cm³/mol. The van der Waals surface area contributed by atoms with Crippen molar-refractivity contribution in [2.45, 2.75) is 31.7 Å². The molecule has 0 bridgehead atoms. The summed E-state index contributed by atoms with van der Waals surface area (Å²) in [5, 5.41) is 9.33. The zero-order valence-corrected chi connectivity index (χ0v) is 23.0. The number of rotatable bonds is 10. The maximum atomic E-state index is 13.3. The normalized spacial score (nSPS) is 18.7. The van der Waals surface area contributed by atoms with E-state index in [0.29, 0.717) is 23.7 Å². The number of hydrogen-bond donors (Lipinski definition) is 4. The topological polar surface area (TPSA) is 105 Å². The summed E-state index contributed by atoms with van der Waals surface area (Å²) in [7, 11) is 0. The van der Waals surface area contributed by atoms with E-state index < -0.39 is 6.04 Å². The molecule has 1 fully saturated rings. The maximum Gasteiger partial charge on any atom is 0.248 e. The highest BCUT2D eigenvalue weighted by molar-refractivity contribution is 9.10. The number of nitrogens with one attached hydrogen (secondary N) is 3. The minimum absolute atomic E-state index is 0.0649. The number of carbonyl (C=O) groups excluding carboxylic acids is 2. The number of para-hydroxylation sites is 2. The number of anilines is 3. The zero-order valence-electron chi connectivity index (χ0n) is 21.4. The van der Waals surface area contributed by atoms with Gasteiger partial charge in [-0.05, 0) is 92.1 Å². The van der Waals surface area contributed by atoms with Crippen molar-refractivity contribution in [2.75, 3.05) is 36.1 Å². The molecule has 0 spiro atoms. The van der Waals surface area contributed by atoms with Gasteiger partial charge in [0.15, 0.2) is 0 Å². The second-order valence-electron chi connectivity index (χ2n) is 9.63. The van der Waals surface area contributed by atoms with E-state index in [4.69, 9.17) is 10.5 Å². The summed E-state index contributed by atoms with van der Waals surface area (Å²) in [4.78, 5) is 25.7. The van der Waals surface area contributed by atoms with E-state index in [1.807, 2.05) is 54.6 Å².